The molecule has 38 heavy (non-hydrogen) atoms. The van der Waals surface area contributed by atoms with Crippen LogP contribution in [0.3, 0.4) is 0 Å². The van der Waals surface area contributed by atoms with Crippen molar-refractivity contribution < 1.29 is 14.1 Å². The lowest BCUT2D eigenvalue weighted by Gasteiger charge is -2.39. The van der Waals surface area contributed by atoms with Gasteiger partial charge in [0.2, 0.25) is 5.95 Å². The summed E-state index contributed by atoms with van der Waals surface area (Å²) in [6.45, 7) is 0.788. The summed E-state index contributed by atoms with van der Waals surface area (Å²) in [7, 11) is 1.43. The summed E-state index contributed by atoms with van der Waals surface area (Å²) in [6, 6.07) is 16.4. The van der Waals surface area contributed by atoms with E-state index in [1.165, 1.54) is 18.2 Å². The summed E-state index contributed by atoms with van der Waals surface area (Å²) in [5.74, 6) is 1.61. The molecule has 3 heterocycles. The highest BCUT2D eigenvalue weighted by Gasteiger charge is 2.44. The molecule has 0 radical (unpaired) electrons. The normalized spacial score (nSPS) is 20.4. The van der Waals surface area contributed by atoms with Gasteiger partial charge in [-0.25, -0.2) is 9.97 Å². The van der Waals surface area contributed by atoms with Crippen molar-refractivity contribution in [3.8, 4) is 22.6 Å². The van der Waals surface area contributed by atoms with Gasteiger partial charge in [0.05, 0.1) is 12.5 Å². The maximum atomic E-state index is 12.0. The lowest BCUT2D eigenvalue weighted by atomic mass is 9.64. The summed E-state index contributed by atoms with van der Waals surface area (Å²) < 4.78 is 10.7. The first-order chi connectivity index (χ1) is 18.6. The third kappa shape index (κ3) is 4.43. The van der Waals surface area contributed by atoms with Crippen LogP contribution in [0.1, 0.15) is 55.0 Å². The Balaban J connectivity index is 1.20. The van der Waals surface area contributed by atoms with Crippen LogP contribution >= 0.6 is 0 Å². The van der Waals surface area contributed by atoms with Crippen LogP contribution in [0.25, 0.3) is 22.6 Å². The minimum absolute atomic E-state index is 0.205. The minimum Gasteiger partial charge on any atom is -0.468 e. The average molecular weight is 511 g/mol. The molecule has 9 heteroatoms. The molecule has 0 amide bonds. The minimum atomic E-state index is -0.260. The molecule has 0 spiro atoms. The SMILES string of the molecule is COC(=O)[C@H]1CC(c2ccc(-c3nc(C4(c5ccc(-c6cnc(N)nc6)cc5)CCC4)no3)cc2)CCN1. The number of nitrogens with zero attached hydrogens (tertiary/aromatic N) is 4. The molecule has 1 aliphatic carbocycles. The zero-order valence-electron chi connectivity index (χ0n) is 21.3. The van der Waals surface area contributed by atoms with Crippen molar-refractivity contribution in [1.82, 2.24) is 25.4 Å². The number of rotatable bonds is 6. The Bertz CT molecular complexity index is 1410. The molecule has 9 nitrogen and oxygen atoms in total. The van der Waals surface area contributed by atoms with Crippen molar-refractivity contribution in [2.75, 3.05) is 19.4 Å². The monoisotopic (exact) mass is 510 g/mol. The Kier molecular flexibility index (Phi) is 6.37. The Hall–Kier alpha value is -4.11. The van der Waals surface area contributed by atoms with Gasteiger partial charge in [-0.2, -0.15) is 4.98 Å². The number of methoxy groups -OCH3 is 1. The van der Waals surface area contributed by atoms with Crippen molar-refractivity contribution in [1.29, 1.82) is 0 Å². The summed E-state index contributed by atoms with van der Waals surface area (Å²) in [5.41, 5.74) is 10.6. The van der Waals surface area contributed by atoms with Gasteiger partial charge in [-0.3, -0.25) is 4.79 Å². The molecule has 1 aliphatic heterocycles. The van der Waals surface area contributed by atoms with E-state index in [1.807, 2.05) is 12.1 Å². The molecule has 2 aliphatic rings. The van der Waals surface area contributed by atoms with Gasteiger partial charge in [0.25, 0.3) is 5.89 Å². The van der Waals surface area contributed by atoms with Gasteiger partial charge in [0.1, 0.15) is 6.04 Å². The molecule has 2 fully saturated rings. The number of hydrogen-bond donors (Lipinski definition) is 2. The number of carbonyl (C=O) groups is 1. The molecule has 4 aromatic rings. The standard InChI is InChI=1S/C29H30N6O3/c1-37-26(36)24-15-21(11-14-31-24)18-3-5-20(6-4-18)25-34-27(35-38-25)29(12-2-13-29)23-9-7-19(8-10-23)22-16-32-28(30)33-17-22/h3-10,16-17,21,24,31H,2,11-15H2,1H3,(H2,30,32,33)/t21?,24-/m1/s1. The highest BCUT2D eigenvalue weighted by atomic mass is 16.5. The fourth-order valence-corrected chi connectivity index (χ4v) is 5.62. The molecular weight excluding hydrogens is 480 g/mol. The molecule has 1 saturated heterocycles. The van der Waals surface area contributed by atoms with Crippen molar-refractivity contribution in [3.05, 3.63) is 77.9 Å². The number of ether oxygens (including phenoxy) is 1. The highest BCUT2D eigenvalue weighted by molar-refractivity contribution is 5.76. The fourth-order valence-electron chi connectivity index (χ4n) is 5.62. The van der Waals surface area contributed by atoms with Crippen LogP contribution in [0, 0.1) is 0 Å². The van der Waals surface area contributed by atoms with Gasteiger partial charge in [-0.05, 0) is 67.0 Å². The van der Waals surface area contributed by atoms with E-state index in [-0.39, 0.29) is 23.4 Å². The number of nitrogens with one attached hydrogen (secondary N) is 1. The molecule has 2 atom stereocenters. The van der Waals surface area contributed by atoms with Crippen LogP contribution in [-0.2, 0) is 14.9 Å². The smallest absolute Gasteiger partial charge is 0.322 e. The first kappa shape index (κ1) is 24.2. The predicted molar refractivity (Wildman–Crippen MR) is 142 cm³/mol. The topological polar surface area (TPSA) is 129 Å². The third-order valence-corrected chi connectivity index (χ3v) is 8.02. The number of aromatic nitrogens is 4. The number of piperidine rings is 1. The molecule has 2 aromatic carbocycles. The van der Waals surface area contributed by atoms with Gasteiger partial charge >= 0.3 is 5.97 Å². The maximum Gasteiger partial charge on any atom is 0.322 e. The largest absolute Gasteiger partial charge is 0.468 e. The summed E-state index contributed by atoms with van der Waals surface area (Å²) in [5, 5.41) is 7.67. The van der Waals surface area contributed by atoms with Crippen molar-refractivity contribution in [3.63, 3.8) is 0 Å². The van der Waals surface area contributed by atoms with E-state index in [1.54, 1.807) is 12.4 Å². The molecule has 0 bridgehead atoms. The molecule has 1 unspecified atom stereocenters. The lowest BCUT2D eigenvalue weighted by molar-refractivity contribution is -0.143. The Labute approximate surface area is 220 Å². The van der Waals surface area contributed by atoms with E-state index in [0.29, 0.717) is 11.8 Å². The number of nitrogen functional groups attached to an aromatic ring is 1. The van der Waals surface area contributed by atoms with Crippen LogP contribution in [0.5, 0.6) is 0 Å². The predicted octanol–water partition coefficient (Wildman–Crippen LogP) is 4.25. The zero-order chi connectivity index (χ0) is 26.1. The second kappa shape index (κ2) is 9.98. The molecular formula is C29H30N6O3. The highest BCUT2D eigenvalue weighted by Crippen LogP contribution is 2.48. The van der Waals surface area contributed by atoms with Crippen molar-refractivity contribution in [2.24, 2.45) is 0 Å². The first-order valence-corrected chi connectivity index (χ1v) is 13.0. The van der Waals surface area contributed by atoms with Crippen molar-refractivity contribution in [2.45, 2.75) is 49.5 Å². The average Bonchev–Trinajstić information content (AvgIpc) is 3.43. The number of anilines is 1. The number of carbonyl (C=O) groups excluding carboxylic acids is 1. The second-order valence-corrected chi connectivity index (χ2v) is 10.1. The van der Waals surface area contributed by atoms with Gasteiger partial charge in [0.15, 0.2) is 5.82 Å². The van der Waals surface area contributed by atoms with Crippen LogP contribution in [-0.4, -0.2) is 45.8 Å². The van der Waals surface area contributed by atoms with Gasteiger partial charge in [0, 0.05) is 23.5 Å². The molecule has 2 aromatic heterocycles. The van der Waals surface area contributed by atoms with E-state index in [9.17, 15) is 4.79 Å². The molecule has 3 N–H and O–H groups in total. The number of esters is 1. The van der Waals surface area contributed by atoms with Crippen LogP contribution < -0.4 is 11.1 Å². The van der Waals surface area contributed by atoms with E-state index in [4.69, 9.17) is 20.0 Å². The molecule has 194 valence electrons. The van der Waals surface area contributed by atoms with E-state index >= 15 is 0 Å². The fraction of sp³-hybridized carbons (Fsp3) is 0.345. The quantitative estimate of drug-likeness (QED) is 0.366. The first-order valence-electron chi connectivity index (χ1n) is 13.0. The third-order valence-electron chi connectivity index (χ3n) is 8.02. The summed E-state index contributed by atoms with van der Waals surface area (Å²) >= 11 is 0. The van der Waals surface area contributed by atoms with E-state index in [0.717, 1.165) is 61.2 Å². The molecule has 1 saturated carbocycles. The molecule has 6 rings (SSSR count). The van der Waals surface area contributed by atoms with Crippen LogP contribution in [0.15, 0.2) is 65.4 Å². The van der Waals surface area contributed by atoms with Gasteiger partial charge < -0.3 is 20.3 Å². The maximum absolute atomic E-state index is 12.0. The number of benzene rings is 2. The summed E-state index contributed by atoms with van der Waals surface area (Å²) in [4.78, 5) is 25.0. The number of nitrogens with two attached hydrogens (primary N) is 1. The lowest BCUT2D eigenvalue weighted by Crippen LogP contribution is -2.43. The van der Waals surface area contributed by atoms with Crippen molar-refractivity contribution >= 4 is 11.9 Å². The van der Waals surface area contributed by atoms with E-state index < -0.39 is 0 Å². The Morgan fingerprint density at radius 2 is 1.74 bits per heavy atom. The number of hydrogen-bond acceptors (Lipinski definition) is 9. The van der Waals surface area contributed by atoms with Gasteiger partial charge in [-0.15, -0.1) is 0 Å². The Morgan fingerprint density at radius 1 is 1.03 bits per heavy atom. The Morgan fingerprint density at radius 3 is 2.39 bits per heavy atom. The van der Waals surface area contributed by atoms with Crippen LogP contribution in [0.2, 0.25) is 0 Å². The zero-order valence-corrected chi connectivity index (χ0v) is 21.3. The van der Waals surface area contributed by atoms with E-state index in [2.05, 4.69) is 56.8 Å². The van der Waals surface area contributed by atoms with Gasteiger partial charge in [-0.1, -0.05) is 48.0 Å². The van der Waals surface area contributed by atoms with Crippen LogP contribution in [0.4, 0.5) is 5.95 Å². The second-order valence-electron chi connectivity index (χ2n) is 10.1. The summed E-state index contributed by atoms with van der Waals surface area (Å²) in [6.07, 6.45) is 8.24.